The van der Waals surface area contributed by atoms with Gasteiger partial charge in [-0.05, 0) is 0 Å². The number of ketones is 1. The van der Waals surface area contributed by atoms with Gasteiger partial charge in [0, 0.05) is 0 Å². The largest absolute Gasteiger partial charge is 0.289 e. The van der Waals surface area contributed by atoms with Crippen LogP contribution in [0.4, 0.5) is 4.39 Å². The van der Waals surface area contributed by atoms with Gasteiger partial charge in [-0.2, -0.15) is 5.10 Å². The zero-order chi connectivity index (χ0) is 6.69. The molecule has 4 heteroatoms. The molecular formula is C5H4FN2O. The number of alkyl halides is 1. The molecule has 0 aliphatic carbocycles. The topological polar surface area (TPSA) is 32.7 Å². The molecule has 0 amide bonds. The summed E-state index contributed by atoms with van der Waals surface area (Å²) >= 11 is 0. The minimum atomic E-state index is -0.536. The van der Waals surface area contributed by atoms with Crippen LogP contribution in [-0.2, 0) is 4.79 Å². The van der Waals surface area contributed by atoms with Gasteiger partial charge in [0.1, 0.15) is 6.67 Å². The van der Waals surface area contributed by atoms with Crippen molar-refractivity contribution in [2.24, 2.45) is 5.10 Å². The highest BCUT2D eigenvalue weighted by Crippen LogP contribution is 2.00. The first kappa shape index (κ1) is 6.19. The molecular weight excluding hydrogens is 123 g/mol. The summed E-state index contributed by atoms with van der Waals surface area (Å²) in [6, 6.07) is 0. The average molecular weight is 127 g/mol. The number of nitrogens with zero attached hydrogens (tertiary/aromatic N) is 2. The van der Waals surface area contributed by atoms with Gasteiger partial charge in [-0.3, -0.25) is 9.80 Å². The number of rotatable bonds is 2. The second-order valence-corrected chi connectivity index (χ2v) is 1.46. The molecule has 0 aromatic carbocycles. The van der Waals surface area contributed by atoms with Crippen LogP contribution in [0.1, 0.15) is 0 Å². The van der Waals surface area contributed by atoms with Crippen molar-refractivity contribution >= 4 is 12.0 Å². The molecule has 3 radical (unpaired) electrons. The van der Waals surface area contributed by atoms with Crippen LogP contribution in [-0.4, -0.2) is 30.2 Å². The first-order valence-electron chi connectivity index (χ1n) is 2.43. The molecule has 1 aliphatic rings. The number of carbonyl (C=O) groups excluding carboxylic acids is 1. The third kappa shape index (κ3) is 1.48. The van der Waals surface area contributed by atoms with Gasteiger partial charge in [-0.25, -0.2) is 4.39 Å². The molecule has 0 aromatic heterocycles. The molecule has 1 aliphatic heterocycles. The van der Waals surface area contributed by atoms with Crippen LogP contribution in [0.2, 0.25) is 0 Å². The van der Waals surface area contributed by atoms with Crippen molar-refractivity contribution in [1.82, 2.24) is 5.01 Å². The Hall–Kier alpha value is -0.930. The summed E-state index contributed by atoms with van der Waals surface area (Å²) in [6.45, 7) is 1.78. The molecule has 0 unspecified atom stereocenters. The van der Waals surface area contributed by atoms with E-state index in [9.17, 15) is 9.18 Å². The molecule has 1 rings (SSSR count). The van der Waals surface area contributed by atoms with E-state index >= 15 is 0 Å². The summed E-state index contributed by atoms with van der Waals surface area (Å²) in [6.07, 6.45) is 2.09. The molecule has 0 atom stereocenters. The lowest BCUT2D eigenvalue weighted by molar-refractivity contribution is -0.110. The van der Waals surface area contributed by atoms with Gasteiger partial charge in [0.15, 0.2) is 12.8 Å². The van der Waals surface area contributed by atoms with Gasteiger partial charge < -0.3 is 0 Å². The minimum absolute atomic E-state index is 0.0821. The standard InChI is InChI=1S/C5H4FN2O/c6-1-2-8-4-5(9)3-7-8/h1-2H2. The first-order chi connectivity index (χ1) is 4.33. The number of Topliss-reactive ketones (excluding diaryl/α,β-unsaturated/α-hetero) is 1. The summed E-state index contributed by atoms with van der Waals surface area (Å²) < 4.78 is 11.5. The molecule has 0 fully saturated rings. The van der Waals surface area contributed by atoms with E-state index in [-0.39, 0.29) is 6.54 Å². The lowest BCUT2D eigenvalue weighted by Gasteiger charge is -2.05. The van der Waals surface area contributed by atoms with Crippen molar-refractivity contribution < 1.29 is 9.18 Å². The average Bonchev–Trinajstić information content (AvgIpc) is 2.17. The molecule has 0 aromatic rings. The Labute approximate surface area is 52.1 Å². The molecule has 9 heavy (non-hydrogen) atoms. The van der Waals surface area contributed by atoms with Crippen LogP contribution in [0.25, 0.3) is 0 Å². The Bertz CT molecular complexity index is 146. The summed E-state index contributed by atoms with van der Waals surface area (Å²) in [4.78, 5) is 10.2. The van der Waals surface area contributed by atoms with E-state index in [2.05, 4.69) is 17.9 Å². The second kappa shape index (κ2) is 2.57. The van der Waals surface area contributed by atoms with Crippen LogP contribution in [0, 0.1) is 6.54 Å². The SMILES string of the molecule is O=C1[C]N(CCF)N=[C]1. The van der Waals surface area contributed by atoms with Crippen molar-refractivity contribution in [3.63, 3.8) is 0 Å². The van der Waals surface area contributed by atoms with Crippen molar-refractivity contribution in [3.8, 4) is 0 Å². The molecule has 3 nitrogen and oxygen atoms in total. The van der Waals surface area contributed by atoms with Crippen molar-refractivity contribution in [2.75, 3.05) is 13.2 Å². The van der Waals surface area contributed by atoms with E-state index < -0.39 is 12.5 Å². The first-order valence-corrected chi connectivity index (χ1v) is 2.43. The van der Waals surface area contributed by atoms with Gasteiger partial charge >= 0.3 is 0 Å². The molecule has 0 bridgehead atoms. The van der Waals surface area contributed by atoms with E-state index in [0.29, 0.717) is 0 Å². The van der Waals surface area contributed by atoms with Crippen molar-refractivity contribution in [3.05, 3.63) is 6.54 Å². The number of hydrogen-bond acceptors (Lipinski definition) is 3. The predicted octanol–water partition coefficient (Wildman–Crippen LogP) is -0.258. The monoisotopic (exact) mass is 127 g/mol. The van der Waals surface area contributed by atoms with Crippen LogP contribution >= 0.6 is 0 Å². The molecule has 0 saturated heterocycles. The fraction of sp³-hybridized carbons (Fsp3) is 0.400. The summed E-state index contributed by atoms with van der Waals surface area (Å²) in [7, 11) is 0. The predicted molar refractivity (Wildman–Crippen MR) is 28.4 cm³/mol. The van der Waals surface area contributed by atoms with E-state index in [1.54, 1.807) is 0 Å². The van der Waals surface area contributed by atoms with Crippen LogP contribution in [0.5, 0.6) is 0 Å². The maximum absolute atomic E-state index is 11.5. The quantitative estimate of drug-likeness (QED) is 0.512. The molecule has 0 N–H and O–H groups in total. The minimum Gasteiger partial charge on any atom is -0.289 e. The Morgan fingerprint density at radius 3 is 3.00 bits per heavy atom. The van der Waals surface area contributed by atoms with Crippen LogP contribution < -0.4 is 0 Å². The molecule has 0 spiro atoms. The molecule has 47 valence electrons. The van der Waals surface area contributed by atoms with E-state index in [0.717, 1.165) is 5.01 Å². The van der Waals surface area contributed by atoms with Gasteiger partial charge in [-0.15, -0.1) is 0 Å². The number of halogens is 1. The molecule has 1 heterocycles. The maximum atomic E-state index is 11.5. The normalized spacial score (nSPS) is 17.4. The Morgan fingerprint density at radius 2 is 2.56 bits per heavy atom. The van der Waals surface area contributed by atoms with Gasteiger partial charge in [0.2, 0.25) is 5.78 Å². The Balaban J connectivity index is 2.32. The molecule has 0 saturated carbocycles. The number of hydrazone groups is 1. The van der Waals surface area contributed by atoms with E-state index in [1.165, 1.54) is 0 Å². The lowest BCUT2D eigenvalue weighted by Crippen LogP contribution is -2.15. The van der Waals surface area contributed by atoms with E-state index in [1.807, 2.05) is 0 Å². The van der Waals surface area contributed by atoms with Crippen LogP contribution in [0.15, 0.2) is 5.10 Å². The van der Waals surface area contributed by atoms with Crippen molar-refractivity contribution in [2.45, 2.75) is 0 Å². The maximum Gasteiger partial charge on any atom is 0.218 e. The zero-order valence-electron chi connectivity index (χ0n) is 4.59. The second-order valence-electron chi connectivity index (χ2n) is 1.46. The van der Waals surface area contributed by atoms with Crippen LogP contribution in [0.3, 0.4) is 0 Å². The van der Waals surface area contributed by atoms with Gasteiger partial charge in [-0.1, -0.05) is 0 Å². The smallest absolute Gasteiger partial charge is 0.218 e. The highest BCUT2D eigenvalue weighted by atomic mass is 19.1. The highest BCUT2D eigenvalue weighted by molar-refractivity contribution is 6.32. The zero-order valence-corrected chi connectivity index (χ0v) is 4.59. The number of hydrogen-bond donors (Lipinski definition) is 0. The Morgan fingerprint density at radius 1 is 1.78 bits per heavy atom. The van der Waals surface area contributed by atoms with E-state index in [4.69, 9.17) is 0 Å². The van der Waals surface area contributed by atoms with Gasteiger partial charge in [0.05, 0.1) is 6.54 Å². The highest BCUT2D eigenvalue weighted by Gasteiger charge is 2.15. The fourth-order valence-corrected chi connectivity index (χ4v) is 0.459. The fourth-order valence-electron chi connectivity index (χ4n) is 0.459. The Kier molecular flexibility index (Phi) is 1.77. The third-order valence-electron chi connectivity index (χ3n) is 0.799. The van der Waals surface area contributed by atoms with Gasteiger partial charge in [0.25, 0.3) is 0 Å². The number of carbonyl (C=O) groups is 1. The summed E-state index contributed by atoms with van der Waals surface area (Å²) in [5.41, 5.74) is 0. The summed E-state index contributed by atoms with van der Waals surface area (Å²) in [5, 5.41) is 4.49. The van der Waals surface area contributed by atoms with Crippen molar-refractivity contribution in [1.29, 1.82) is 0 Å². The lowest BCUT2D eigenvalue weighted by atomic mass is 10.4. The third-order valence-corrected chi connectivity index (χ3v) is 0.799. The summed E-state index contributed by atoms with van der Waals surface area (Å²) in [5.74, 6) is -0.427.